The summed E-state index contributed by atoms with van der Waals surface area (Å²) in [4.78, 5) is 12.2. The quantitative estimate of drug-likeness (QED) is 0.899. The van der Waals surface area contributed by atoms with Gasteiger partial charge in [0.25, 0.3) is 5.91 Å². The number of halogens is 1. The number of hydrogen-bond donors (Lipinski definition) is 1. The number of benzene rings is 1. The van der Waals surface area contributed by atoms with Crippen molar-refractivity contribution >= 4 is 28.5 Å². The zero-order valence-electron chi connectivity index (χ0n) is 10.8. The van der Waals surface area contributed by atoms with E-state index in [2.05, 4.69) is 5.32 Å². The van der Waals surface area contributed by atoms with Gasteiger partial charge in [-0.05, 0) is 38.0 Å². The van der Waals surface area contributed by atoms with Gasteiger partial charge in [0.1, 0.15) is 5.58 Å². The molecule has 1 heterocycles. The third-order valence-corrected chi connectivity index (χ3v) is 4.03. The lowest BCUT2D eigenvalue weighted by molar-refractivity contribution is 0.0911. The largest absolute Gasteiger partial charge is 0.451 e. The molecule has 0 bridgehead atoms. The van der Waals surface area contributed by atoms with E-state index < -0.39 is 0 Å². The Morgan fingerprint density at radius 1 is 1.37 bits per heavy atom. The molecule has 0 radical (unpaired) electrons. The minimum atomic E-state index is -0.114. The van der Waals surface area contributed by atoms with E-state index in [4.69, 9.17) is 16.0 Å². The minimum Gasteiger partial charge on any atom is -0.451 e. The van der Waals surface area contributed by atoms with E-state index in [0.29, 0.717) is 22.4 Å². The number of aryl methyl sites for hydroxylation is 1. The Morgan fingerprint density at radius 3 is 2.84 bits per heavy atom. The molecule has 1 fully saturated rings. The number of nitrogens with one attached hydrogen (secondary N) is 1. The van der Waals surface area contributed by atoms with Crippen LogP contribution in [0.15, 0.2) is 22.6 Å². The molecule has 2 aromatic rings. The summed E-state index contributed by atoms with van der Waals surface area (Å²) in [5.74, 6) is 0.292. The van der Waals surface area contributed by atoms with Crippen molar-refractivity contribution in [2.45, 2.75) is 38.6 Å². The maximum Gasteiger partial charge on any atom is 0.287 e. The first-order valence-electron chi connectivity index (χ1n) is 6.64. The second-order valence-corrected chi connectivity index (χ2v) is 5.59. The van der Waals surface area contributed by atoms with Crippen molar-refractivity contribution in [3.8, 4) is 0 Å². The van der Waals surface area contributed by atoms with Gasteiger partial charge in [0.2, 0.25) is 0 Å². The van der Waals surface area contributed by atoms with E-state index in [9.17, 15) is 4.79 Å². The molecule has 1 aliphatic rings. The summed E-state index contributed by atoms with van der Waals surface area (Å²) in [6.07, 6.45) is 4.52. The first-order valence-corrected chi connectivity index (χ1v) is 7.02. The highest BCUT2D eigenvalue weighted by molar-refractivity contribution is 6.31. The number of furan rings is 1. The van der Waals surface area contributed by atoms with Crippen LogP contribution in [0.3, 0.4) is 0 Å². The maximum atomic E-state index is 12.2. The highest BCUT2D eigenvalue weighted by Gasteiger charge is 2.22. The van der Waals surface area contributed by atoms with Crippen LogP contribution in [0, 0.1) is 6.92 Å². The SMILES string of the molecule is Cc1c(C(=O)NC2CCCC2)oc2ccc(Cl)cc12. The van der Waals surface area contributed by atoms with E-state index in [1.807, 2.05) is 13.0 Å². The van der Waals surface area contributed by atoms with Crippen molar-refractivity contribution in [1.29, 1.82) is 0 Å². The van der Waals surface area contributed by atoms with Crippen LogP contribution in [0.5, 0.6) is 0 Å². The summed E-state index contributed by atoms with van der Waals surface area (Å²) in [7, 11) is 0. The van der Waals surface area contributed by atoms with E-state index in [0.717, 1.165) is 23.8 Å². The molecule has 1 aliphatic carbocycles. The topological polar surface area (TPSA) is 42.2 Å². The maximum absolute atomic E-state index is 12.2. The normalized spacial score (nSPS) is 16.1. The van der Waals surface area contributed by atoms with Crippen molar-refractivity contribution < 1.29 is 9.21 Å². The molecule has 1 aromatic heterocycles. The number of fused-ring (bicyclic) bond motifs is 1. The molecule has 1 saturated carbocycles. The Labute approximate surface area is 116 Å². The molecule has 3 nitrogen and oxygen atoms in total. The van der Waals surface area contributed by atoms with Crippen molar-refractivity contribution in [3.63, 3.8) is 0 Å². The van der Waals surface area contributed by atoms with E-state index >= 15 is 0 Å². The third kappa shape index (κ3) is 2.35. The van der Waals surface area contributed by atoms with Crippen LogP contribution in [0.4, 0.5) is 0 Å². The molecular formula is C15H16ClNO2. The fourth-order valence-corrected chi connectivity index (χ4v) is 2.90. The van der Waals surface area contributed by atoms with Crippen molar-refractivity contribution in [2.24, 2.45) is 0 Å². The fourth-order valence-electron chi connectivity index (χ4n) is 2.73. The van der Waals surface area contributed by atoms with E-state index in [1.165, 1.54) is 12.8 Å². The van der Waals surface area contributed by atoms with Crippen LogP contribution >= 0.6 is 11.6 Å². The summed E-state index contributed by atoms with van der Waals surface area (Å²) >= 11 is 5.97. The van der Waals surface area contributed by atoms with Gasteiger partial charge in [-0.15, -0.1) is 0 Å². The average molecular weight is 278 g/mol. The first kappa shape index (κ1) is 12.5. The van der Waals surface area contributed by atoms with Crippen molar-refractivity contribution in [2.75, 3.05) is 0 Å². The molecule has 0 atom stereocenters. The van der Waals surface area contributed by atoms with Crippen LogP contribution in [0.25, 0.3) is 11.0 Å². The Morgan fingerprint density at radius 2 is 2.11 bits per heavy atom. The molecule has 0 aliphatic heterocycles. The highest BCUT2D eigenvalue weighted by Crippen LogP contribution is 2.28. The minimum absolute atomic E-state index is 0.114. The lowest BCUT2D eigenvalue weighted by Crippen LogP contribution is -2.32. The summed E-state index contributed by atoms with van der Waals surface area (Å²) in [5.41, 5.74) is 1.56. The van der Waals surface area contributed by atoms with Gasteiger partial charge < -0.3 is 9.73 Å². The number of carbonyl (C=O) groups excluding carboxylic acids is 1. The Hall–Kier alpha value is -1.48. The monoisotopic (exact) mass is 277 g/mol. The Kier molecular flexibility index (Phi) is 3.23. The molecular weight excluding hydrogens is 262 g/mol. The van der Waals surface area contributed by atoms with Crippen LogP contribution in [0.2, 0.25) is 5.02 Å². The van der Waals surface area contributed by atoms with Gasteiger partial charge in [-0.1, -0.05) is 24.4 Å². The molecule has 1 amide bonds. The molecule has 0 spiro atoms. The number of hydrogen-bond acceptors (Lipinski definition) is 2. The van der Waals surface area contributed by atoms with Gasteiger partial charge >= 0.3 is 0 Å². The van der Waals surface area contributed by atoms with Gasteiger partial charge in [0.15, 0.2) is 5.76 Å². The molecule has 3 rings (SSSR count). The van der Waals surface area contributed by atoms with Gasteiger partial charge in [0.05, 0.1) is 0 Å². The van der Waals surface area contributed by atoms with Gasteiger partial charge in [0, 0.05) is 22.0 Å². The van der Waals surface area contributed by atoms with E-state index in [1.54, 1.807) is 12.1 Å². The molecule has 19 heavy (non-hydrogen) atoms. The zero-order chi connectivity index (χ0) is 13.4. The summed E-state index contributed by atoms with van der Waals surface area (Å²) in [6.45, 7) is 1.89. The van der Waals surface area contributed by atoms with Crippen LogP contribution in [0.1, 0.15) is 41.8 Å². The van der Waals surface area contributed by atoms with Crippen LogP contribution in [-0.4, -0.2) is 11.9 Å². The summed E-state index contributed by atoms with van der Waals surface area (Å²) < 4.78 is 5.66. The molecule has 1 aromatic carbocycles. The summed E-state index contributed by atoms with van der Waals surface area (Å²) in [6, 6.07) is 5.70. The molecule has 0 unspecified atom stereocenters. The van der Waals surface area contributed by atoms with Gasteiger partial charge in [-0.25, -0.2) is 0 Å². The van der Waals surface area contributed by atoms with Crippen LogP contribution < -0.4 is 5.32 Å². The third-order valence-electron chi connectivity index (χ3n) is 3.79. The van der Waals surface area contributed by atoms with Crippen molar-refractivity contribution in [1.82, 2.24) is 5.32 Å². The lowest BCUT2D eigenvalue weighted by atomic mass is 10.1. The number of amides is 1. The second-order valence-electron chi connectivity index (χ2n) is 5.15. The Bertz CT molecular complexity index is 626. The first-order chi connectivity index (χ1) is 9.15. The van der Waals surface area contributed by atoms with Gasteiger partial charge in [-0.2, -0.15) is 0 Å². The number of rotatable bonds is 2. The molecule has 100 valence electrons. The molecule has 4 heteroatoms. The Balaban J connectivity index is 1.91. The zero-order valence-corrected chi connectivity index (χ0v) is 11.6. The fraction of sp³-hybridized carbons (Fsp3) is 0.400. The average Bonchev–Trinajstić information content (AvgIpc) is 2.98. The van der Waals surface area contributed by atoms with Crippen LogP contribution in [-0.2, 0) is 0 Å². The lowest BCUT2D eigenvalue weighted by Gasteiger charge is -2.10. The second kappa shape index (κ2) is 4.89. The summed E-state index contributed by atoms with van der Waals surface area (Å²) in [5, 5.41) is 4.60. The number of carbonyl (C=O) groups is 1. The highest BCUT2D eigenvalue weighted by atomic mass is 35.5. The smallest absolute Gasteiger partial charge is 0.287 e. The molecule has 1 N–H and O–H groups in total. The van der Waals surface area contributed by atoms with Gasteiger partial charge in [-0.3, -0.25) is 4.79 Å². The van der Waals surface area contributed by atoms with E-state index in [-0.39, 0.29) is 5.91 Å². The molecule has 0 saturated heterocycles. The predicted octanol–water partition coefficient (Wildman–Crippen LogP) is 4.07. The van der Waals surface area contributed by atoms with Crippen molar-refractivity contribution in [3.05, 3.63) is 34.5 Å². The predicted molar refractivity (Wildman–Crippen MR) is 75.7 cm³/mol. The standard InChI is InChI=1S/C15H16ClNO2/c1-9-12-8-10(16)6-7-13(12)19-14(9)15(18)17-11-4-2-3-5-11/h6-8,11H,2-5H2,1H3,(H,17,18).